The summed E-state index contributed by atoms with van der Waals surface area (Å²) in [7, 11) is -3.50. The van der Waals surface area contributed by atoms with E-state index < -0.39 is 10.0 Å². The Labute approximate surface area is 154 Å². The molecule has 0 amide bonds. The molecule has 3 rings (SSSR count). The van der Waals surface area contributed by atoms with E-state index in [1.165, 1.54) is 9.87 Å². The Morgan fingerprint density at radius 2 is 1.88 bits per heavy atom. The number of morpholine rings is 1. The molecule has 138 valence electrons. The Hall–Kier alpha value is -2.22. The summed E-state index contributed by atoms with van der Waals surface area (Å²) >= 11 is 0. The molecule has 0 saturated carbocycles. The zero-order valence-corrected chi connectivity index (χ0v) is 15.5. The monoisotopic (exact) mass is 374 g/mol. The number of nitrogens with zero attached hydrogens (tertiary/aromatic N) is 2. The van der Waals surface area contributed by atoms with Gasteiger partial charge in [-0.05, 0) is 30.2 Å². The fourth-order valence-electron chi connectivity index (χ4n) is 2.59. The third-order valence-electron chi connectivity index (χ3n) is 4.09. The van der Waals surface area contributed by atoms with Crippen LogP contribution in [0.1, 0.15) is 16.7 Å². The summed E-state index contributed by atoms with van der Waals surface area (Å²) in [5.41, 5.74) is 2.88. The van der Waals surface area contributed by atoms with Gasteiger partial charge in [-0.1, -0.05) is 47.1 Å². The smallest absolute Gasteiger partial charge is 0.243 e. The number of oxime groups is 1. The van der Waals surface area contributed by atoms with Gasteiger partial charge < -0.3 is 9.57 Å². The van der Waals surface area contributed by atoms with E-state index in [2.05, 4.69) is 5.16 Å². The predicted molar refractivity (Wildman–Crippen MR) is 99.6 cm³/mol. The van der Waals surface area contributed by atoms with E-state index in [4.69, 9.17) is 9.57 Å². The first kappa shape index (κ1) is 18.6. The number of hydrogen-bond acceptors (Lipinski definition) is 5. The molecule has 1 aliphatic rings. The number of sulfonamides is 1. The lowest BCUT2D eigenvalue weighted by molar-refractivity contribution is 0.0730. The van der Waals surface area contributed by atoms with Crippen molar-refractivity contribution < 1.29 is 18.0 Å². The molecular weight excluding hydrogens is 352 g/mol. The van der Waals surface area contributed by atoms with Gasteiger partial charge >= 0.3 is 0 Å². The zero-order valence-electron chi connectivity index (χ0n) is 14.7. The molecule has 1 saturated heterocycles. The summed E-state index contributed by atoms with van der Waals surface area (Å²) in [4.78, 5) is 5.57. The lowest BCUT2D eigenvalue weighted by atomic mass is 10.2. The van der Waals surface area contributed by atoms with Crippen LogP contribution in [0.25, 0.3) is 0 Å². The normalized spacial score (nSPS) is 16.0. The van der Waals surface area contributed by atoms with Crippen LogP contribution < -0.4 is 0 Å². The SMILES string of the molecule is Cc1ccc(/C=N\OCc2cccc(S(=O)(=O)N3CCOCC3)c2)cc1. The lowest BCUT2D eigenvalue weighted by Crippen LogP contribution is -2.40. The van der Waals surface area contributed by atoms with Gasteiger partial charge in [-0.25, -0.2) is 8.42 Å². The molecule has 0 atom stereocenters. The molecule has 1 aliphatic heterocycles. The molecule has 0 aliphatic carbocycles. The van der Waals surface area contributed by atoms with Crippen molar-refractivity contribution in [3.63, 3.8) is 0 Å². The van der Waals surface area contributed by atoms with Gasteiger partial charge in [-0.3, -0.25) is 0 Å². The van der Waals surface area contributed by atoms with Gasteiger partial charge in [0.05, 0.1) is 24.3 Å². The molecule has 2 aromatic rings. The summed E-state index contributed by atoms with van der Waals surface area (Å²) in [6.07, 6.45) is 1.63. The number of rotatable bonds is 6. The Kier molecular flexibility index (Phi) is 6.03. The first-order valence-electron chi connectivity index (χ1n) is 8.44. The number of benzene rings is 2. The van der Waals surface area contributed by atoms with Crippen LogP contribution in [-0.4, -0.2) is 45.2 Å². The minimum atomic E-state index is -3.50. The largest absolute Gasteiger partial charge is 0.391 e. The van der Waals surface area contributed by atoms with Crippen LogP contribution in [0.2, 0.25) is 0 Å². The van der Waals surface area contributed by atoms with Gasteiger partial charge in [0.15, 0.2) is 0 Å². The van der Waals surface area contributed by atoms with Crippen LogP contribution in [0.3, 0.4) is 0 Å². The quantitative estimate of drug-likeness (QED) is 0.576. The first-order chi connectivity index (χ1) is 12.6. The highest BCUT2D eigenvalue weighted by molar-refractivity contribution is 7.89. The third kappa shape index (κ3) is 4.69. The average molecular weight is 374 g/mol. The van der Waals surface area contributed by atoms with Crippen molar-refractivity contribution in [2.75, 3.05) is 26.3 Å². The fraction of sp³-hybridized carbons (Fsp3) is 0.316. The Bertz CT molecular complexity index is 857. The van der Waals surface area contributed by atoms with Crippen molar-refractivity contribution in [2.45, 2.75) is 18.4 Å². The van der Waals surface area contributed by atoms with E-state index in [1.54, 1.807) is 24.4 Å². The minimum Gasteiger partial charge on any atom is -0.391 e. The van der Waals surface area contributed by atoms with Gasteiger partial charge in [0.2, 0.25) is 10.0 Å². The van der Waals surface area contributed by atoms with Crippen molar-refractivity contribution in [1.29, 1.82) is 0 Å². The summed E-state index contributed by atoms with van der Waals surface area (Å²) in [6, 6.07) is 14.7. The van der Waals surface area contributed by atoms with E-state index in [0.717, 1.165) is 11.1 Å². The topological polar surface area (TPSA) is 68.2 Å². The van der Waals surface area contributed by atoms with Crippen LogP contribution >= 0.6 is 0 Å². The maximum atomic E-state index is 12.7. The van der Waals surface area contributed by atoms with E-state index in [-0.39, 0.29) is 11.5 Å². The highest BCUT2D eigenvalue weighted by Gasteiger charge is 2.26. The van der Waals surface area contributed by atoms with Crippen LogP contribution in [-0.2, 0) is 26.2 Å². The Balaban J connectivity index is 1.63. The third-order valence-corrected chi connectivity index (χ3v) is 5.99. The first-order valence-corrected chi connectivity index (χ1v) is 9.88. The van der Waals surface area contributed by atoms with Crippen molar-refractivity contribution in [2.24, 2.45) is 5.16 Å². The molecular formula is C19H22N2O4S. The highest BCUT2D eigenvalue weighted by atomic mass is 32.2. The van der Waals surface area contributed by atoms with Gasteiger partial charge in [0.1, 0.15) is 6.61 Å². The van der Waals surface area contributed by atoms with Gasteiger partial charge in [0, 0.05) is 13.1 Å². The minimum absolute atomic E-state index is 0.203. The van der Waals surface area contributed by atoms with Gasteiger partial charge in [-0.15, -0.1) is 0 Å². The Morgan fingerprint density at radius 1 is 1.15 bits per heavy atom. The van der Waals surface area contributed by atoms with Crippen LogP contribution in [0, 0.1) is 6.92 Å². The molecule has 6 nitrogen and oxygen atoms in total. The molecule has 26 heavy (non-hydrogen) atoms. The summed E-state index contributed by atoms with van der Waals surface area (Å²) < 4.78 is 32.0. The molecule has 0 N–H and O–H groups in total. The van der Waals surface area contributed by atoms with E-state index in [9.17, 15) is 8.42 Å². The van der Waals surface area contributed by atoms with Crippen molar-refractivity contribution in [3.8, 4) is 0 Å². The molecule has 1 heterocycles. The number of aryl methyl sites for hydroxylation is 1. The molecule has 0 radical (unpaired) electrons. The Morgan fingerprint density at radius 3 is 2.62 bits per heavy atom. The standard InChI is InChI=1S/C19H22N2O4S/c1-16-5-7-17(8-6-16)14-20-25-15-18-3-2-4-19(13-18)26(22,23)21-9-11-24-12-10-21/h2-8,13-14H,9-12,15H2,1H3/b20-14-. The zero-order chi connectivity index (χ0) is 18.4. The van der Waals surface area contributed by atoms with Crippen molar-refractivity contribution in [1.82, 2.24) is 4.31 Å². The van der Waals surface area contributed by atoms with Crippen LogP contribution in [0.15, 0.2) is 58.6 Å². The second-order valence-electron chi connectivity index (χ2n) is 6.08. The van der Waals surface area contributed by atoms with Crippen LogP contribution in [0.4, 0.5) is 0 Å². The molecule has 0 aromatic heterocycles. The van der Waals surface area contributed by atoms with E-state index >= 15 is 0 Å². The van der Waals surface area contributed by atoms with Crippen molar-refractivity contribution >= 4 is 16.2 Å². The molecule has 2 aromatic carbocycles. The average Bonchev–Trinajstić information content (AvgIpc) is 2.67. The molecule has 0 unspecified atom stereocenters. The maximum absolute atomic E-state index is 12.7. The van der Waals surface area contributed by atoms with Gasteiger partial charge in [-0.2, -0.15) is 4.31 Å². The van der Waals surface area contributed by atoms with E-state index in [0.29, 0.717) is 26.3 Å². The fourth-order valence-corrected chi connectivity index (χ4v) is 4.07. The highest BCUT2D eigenvalue weighted by Crippen LogP contribution is 2.18. The predicted octanol–water partition coefficient (Wildman–Crippen LogP) is 2.57. The molecule has 1 fully saturated rings. The summed E-state index contributed by atoms with van der Waals surface area (Å²) in [5, 5.41) is 3.95. The number of ether oxygens (including phenoxy) is 1. The van der Waals surface area contributed by atoms with Crippen molar-refractivity contribution in [3.05, 3.63) is 65.2 Å². The molecule has 0 spiro atoms. The second kappa shape index (κ2) is 8.44. The van der Waals surface area contributed by atoms with E-state index in [1.807, 2.05) is 37.3 Å². The molecule has 7 heteroatoms. The van der Waals surface area contributed by atoms with Crippen LogP contribution in [0.5, 0.6) is 0 Å². The molecule has 0 bridgehead atoms. The number of hydrogen-bond donors (Lipinski definition) is 0. The summed E-state index contributed by atoms with van der Waals surface area (Å²) in [6.45, 7) is 3.84. The lowest BCUT2D eigenvalue weighted by Gasteiger charge is -2.26. The maximum Gasteiger partial charge on any atom is 0.243 e. The van der Waals surface area contributed by atoms with Gasteiger partial charge in [0.25, 0.3) is 0 Å². The summed E-state index contributed by atoms with van der Waals surface area (Å²) in [5.74, 6) is 0. The second-order valence-corrected chi connectivity index (χ2v) is 8.02.